The summed E-state index contributed by atoms with van der Waals surface area (Å²) < 4.78 is 0. The molecule has 0 aromatic heterocycles. The first-order valence-electron chi connectivity index (χ1n) is 7.47. The van der Waals surface area contributed by atoms with Gasteiger partial charge in [0.25, 0.3) is 0 Å². The van der Waals surface area contributed by atoms with Crippen molar-refractivity contribution in [2.24, 2.45) is 11.8 Å². The Hall–Kier alpha value is -1.84. The molecule has 0 radical (unpaired) electrons. The minimum atomic E-state index is -0.308. The van der Waals surface area contributed by atoms with Crippen LogP contribution in [0.1, 0.15) is 25.7 Å². The summed E-state index contributed by atoms with van der Waals surface area (Å²) in [5, 5.41) is 3.49. The number of nitrogens with zero attached hydrogens (tertiary/aromatic N) is 2. The number of fused-ring (bicyclic) bond motifs is 6. The lowest BCUT2D eigenvalue weighted by atomic mass is 9.82. The van der Waals surface area contributed by atoms with Gasteiger partial charge in [0.2, 0.25) is 11.8 Å². The minimum Gasteiger partial charge on any atom is -0.272 e. The average molecular weight is 270 g/mol. The number of carbonyl (C=O) groups excluding carboxylic acids is 2. The fourth-order valence-corrected chi connectivity index (χ4v) is 3.81. The van der Waals surface area contributed by atoms with Gasteiger partial charge in [-0.3, -0.25) is 9.59 Å². The third kappa shape index (κ3) is 1.54. The van der Waals surface area contributed by atoms with Crippen molar-refractivity contribution in [3.8, 4) is 0 Å². The Morgan fingerprint density at radius 1 is 0.750 bits per heavy atom. The van der Waals surface area contributed by atoms with E-state index in [0.717, 1.165) is 25.7 Å². The van der Waals surface area contributed by atoms with Crippen LogP contribution in [0.4, 0.5) is 0 Å². The van der Waals surface area contributed by atoms with E-state index in [2.05, 4.69) is 12.2 Å². The molecule has 4 rings (SSSR count). The molecular weight excluding hydrogens is 252 g/mol. The van der Waals surface area contributed by atoms with Crippen LogP contribution >= 0.6 is 0 Å². The van der Waals surface area contributed by atoms with Crippen LogP contribution in [-0.4, -0.2) is 33.9 Å². The summed E-state index contributed by atoms with van der Waals surface area (Å²) in [4.78, 5) is 25.6. The quantitative estimate of drug-likeness (QED) is 0.630. The highest BCUT2D eigenvalue weighted by atomic mass is 16.2. The molecule has 0 saturated carbocycles. The third-order valence-electron chi connectivity index (χ3n) is 4.82. The van der Waals surface area contributed by atoms with E-state index in [1.165, 1.54) is 0 Å². The van der Waals surface area contributed by atoms with E-state index in [9.17, 15) is 9.59 Å². The highest BCUT2D eigenvalue weighted by Gasteiger charge is 2.50. The molecule has 4 aliphatic rings. The molecule has 2 aliphatic carbocycles. The molecule has 0 aromatic rings. The summed E-state index contributed by atoms with van der Waals surface area (Å²) in [6.45, 7) is 0. The zero-order valence-electron chi connectivity index (χ0n) is 11.3. The van der Waals surface area contributed by atoms with Crippen molar-refractivity contribution >= 4 is 11.8 Å². The highest BCUT2D eigenvalue weighted by Crippen LogP contribution is 2.38. The maximum absolute atomic E-state index is 12.8. The van der Waals surface area contributed by atoms with Crippen molar-refractivity contribution in [3.05, 3.63) is 36.5 Å². The van der Waals surface area contributed by atoms with Crippen molar-refractivity contribution in [3.63, 3.8) is 0 Å². The van der Waals surface area contributed by atoms with Gasteiger partial charge in [-0.1, -0.05) is 49.3 Å². The molecular formula is C16H18N2O2. The molecule has 4 atom stereocenters. The molecule has 0 N–H and O–H groups in total. The Morgan fingerprint density at radius 3 is 1.65 bits per heavy atom. The second-order valence-corrected chi connectivity index (χ2v) is 5.99. The standard InChI is InChI=1S/C16H18N2O2/c19-15-13-7-3-4-8-14(13)16(20)18-12-6-2-1-5-11(9-10-12)17(15)18/h3-4,7-14H,1-2,5-6H2. The number of hydrogen-bond acceptors (Lipinski definition) is 2. The Bertz CT molecular complexity index is 501. The highest BCUT2D eigenvalue weighted by molar-refractivity contribution is 5.96. The zero-order valence-corrected chi connectivity index (χ0v) is 11.3. The SMILES string of the molecule is O=C1C2C=CC=CC2C(=O)N2C3C=CC(CCCC3)N12. The number of hydrogen-bond donors (Lipinski definition) is 0. The minimum absolute atomic E-state index is 0.0586. The summed E-state index contributed by atoms with van der Waals surface area (Å²) in [6, 6.07) is 0.117. The van der Waals surface area contributed by atoms with Gasteiger partial charge in [-0.05, 0) is 12.8 Å². The Labute approximate surface area is 118 Å². The monoisotopic (exact) mass is 270 g/mol. The smallest absolute Gasteiger partial charge is 0.249 e. The number of allylic oxidation sites excluding steroid dienone is 2. The van der Waals surface area contributed by atoms with Crippen molar-refractivity contribution < 1.29 is 9.59 Å². The molecule has 0 aromatic carbocycles. The number of rotatable bonds is 0. The summed E-state index contributed by atoms with van der Waals surface area (Å²) in [6.07, 6.45) is 15.9. The molecule has 1 fully saturated rings. The molecule has 4 heteroatoms. The summed E-state index contributed by atoms with van der Waals surface area (Å²) in [7, 11) is 0. The third-order valence-corrected chi connectivity index (χ3v) is 4.82. The van der Waals surface area contributed by atoms with Crippen LogP contribution in [0.25, 0.3) is 0 Å². The molecule has 0 spiro atoms. The van der Waals surface area contributed by atoms with E-state index in [4.69, 9.17) is 0 Å². The van der Waals surface area contributed by atoms with E-state index in [0.29, 0.717) is 0 Å². The van der Waals surface area contributed by atoms with E-state index in [1.807, 2.05) is 24.3 Å². The predicted molar refractivity (Wildman–Crippen MR) is 74.1 cm³/mol. The van der Waals surface area contributed by atoms with Gasteiger partial charge in [0.1, 0.15) is 0 Å². The molecule has 2 bridgehead atoms. The van der Waals surface area contributed by atoms with Gasteiger partial charge < -0.3 is 0 Å². The van der Waals surface area contributed by atoms with Crippen molar-refractivity contribution in [2.45, 2.75) is 37.8 Å². The Kier molecular flexibility index (Phi) is 2.59. The number of hydrazine groups is 1. The fraction of sp³-hybridized carbons (Fsp3) is 0.500. The van der Waals surface area contributed by atoms with Gasteiger partial charge in [-0.25, -0.2) is 10.0 Å². The summed E-state index contributed by atoms with van der Waals surface area (Å²) in [5.74, 6) is -0.455. The first-order valence-corrected chi connectivity index (χ1v) is 7.47. The van der Waals surface area contributed by atoms with Crippen molar-refractivity contribution in [1.29, 1.82) is 0 Å². The van der Waals surface area contributed by atoms with Crippen LogP contribution in [0.3, 0.4) is 0 Å². The van der Waals surface area contributed by atoms with Gasteiger partial charge in [-0.15, -0.1) is 0 Å². The maximum Gasteiger partial charge on any atom is 0.249 e. The largest absolute Gasteiger partial charge is 0.272 e. The molecule has 2 amide bonds. The second kappa shape index (κ2) is 4.33. The molecule has 4 nitrogen and oxygen atoms in total. The number of amides is 2. The van der Waals surface area contributed by atoms with Gasteiger partial charge in [0.05, 0.1) is 23.9 Å². The van der Waals surface area contributed by atoms with E-state index < -0.39 is 0 Å². The lowest BCUT2D eigenvalue weighted by Gasteiger charge is -2.52. The van der Waals surface area contributed by atoms with Gasteiger partial charge in [0.15, 0.2) is 0 Å². The van der Waals surface area contributed by atoms with Crippen LogP contribution < -0.4 is 0 Å². The lowest BCUT2D eigenvalue weighted by molar-refractivity contribution is -0.189. The van der Waals surface area contributed by atoms with E-state index in [-0.39, 0.29) is 35.7 Å². The average Bonchev–Trinajstić information content (AvgIpc) is 2.44. The van der Waals surface area contributed by atoms with Crippen LogP contribution in [0, 0.1) is 11.8 Å². The fourth-order valence-electron chi connectivity index (χ4n) is 3.81. The Balaban J connectivity index is 1.79. The van der Waals surface area contributed by atoms with Gasteiger partial charge in [-0.2, -0.15) is 0 Å². The summed E-state index contributed by atoms with van der Waals surface area (Å²) >= 11 is 0. The lowest BCUT2D eigenvalue weighted by Crippen LogP contribution is -2.67. The van der Waals surface area contributed by atoms with Gasteiger partial charge in [0, 0.05) is 0 Å². The zero-order chi connectivity index (χ0) is 13.7. The Morgan fingerprint density at radius 2 is 1.20 bits per heavy atom. The topological polar surface area (TPSA) is 40.6 Å². The first kappa shape index (κ1) is 11.9. The molecule has 20 heavy (non-hydrogen) atoms. The van der Waals surface area contributed by atoms with E-state index >= 15 is 0 Å². The van der Waals surface area contributed by atoms with Crippen molar-refractivity contribution in [2.75, 3.05) is 0 Å². The van der Waals surface area contributed by atoms with Crippen LogP contribution in [0.5, 0.6) is 0 Å². The number of carbonyl (C=O) groups is 2. The molecule has 2 aliphatic heterocycles. The maximum atomic E-state index is 12.8. The van der Waals surface area contributed by atoms with Gasteiger partial charge >= 0.3 is 0 Å². The first-order chi connectivity index (χ1) is 9.77. The summed E-state index contributed by atoms with van der Waals surface area (Å²) in [5.41, 5.74) is 0. The molecule has 104 valence electrons. The normalized spacial score (nSPS) is 38.6. The van der Waals surface area contributed by atoms with E-state index in [1.54, 1.807) is 10.0 Å². The van der Waals surface area contributed by atoms with Crippen LogP contribution in [0.2, 0.25) is 0 Å². The van der Waals surface area contributed by atoms with Crippen molar-refractivity contribution in [1.82, 2.24) is 10.0 Å². The van der Waals surface area contributed by atoms with Crippen LogP contribution in [-0.2, 0) is 9.59 Å². The molecule has 4 unspecified atom stereocenters. The second-order valence-electron chi connectivity index (χ2n) is 5.99. The molecule has 1 saturated heterocycles. The predicted octanol–water partition coefficient (Wildman–Crippen LogP) is 1.81. The molecule has 2 heterocycles. The van der Waals surface area contributed by atoms with Crippen LogP contribution in [0.15, 0.2) is 36.5 Å².